The average molecular weight is 372 g/mol. The van der Waals surface area contributed by atoms with Crippen LogP contribution in [0.15, 0.2) is 0 Å². The van der Waals surface area contributed by atoms with Crippen molar-refractivity contribution in [1.82, 2.24) is 10.2 Å². The first-order valence-electron chi connectivity index (χ1n) is 8.95. The lowest BCUT2D eigenvalue weighted by Crippen LogP contribution is -2.55. The van der Waals surface area contributed by atoms with E-state index in [4.69, 9.17) is 14.2 Å². The van der Waals surface area contributed by atoms with E-state index < -0.39 is 29.3 Å². The predicted octanol–water partition coefficient (Wildman–Crippen LogP) is 2.70. The smallest absolute Gasteiger partial charge is 0.410 e. The van der Waals surface area contributed by atoms with Crippen molar-refractivity contribution in [2.45, 2.75) is 72.1 Å². The Labute approximate surface area is 155 Å². The van der Waals surface area contributed by atoms with Crippen LogP contribution in [0, 0.1) is 5.92 Å². The van der Waals surface area contributed by atoms with E-state index >= 15 is 0 Å². The van der Waals surface area contributed by atoms with Crippen molar-refractivity contribution in [3.05, 3.63) is 0 Å². The Balaban J connectivity index is 2.56. The highest BCUT2D eigenvalue weighted by Crippen LogP contribution is 2.24. The second kappa shape index (κ2) is 8.60. The molecule has 1 aliphatic heterocycles. The predicted molar refractivity (Wildman–Crippen MR) is 95.7 cm³/mol. The molecule has 0 aromatic carbocycles. The number of ether oxygens (including phenoxy) is 3. The van der Waals surface area contributed by atoms with Gasteiger partial charge in [-0.05, 0) is 60.8 Å². The molecule has 0 radical (unpaired) electrons. The standard InChI is InChI=1S/C18H32N2O6/c1-8-24-14(21)13(19-15(22)25-17(2,3)4)9-12-10-20(11-12)16(23)26-18(5,6)7/h12-13H,8-11H2,1-7H3,(H,19,22). The van der Waals surface area contributed by atoms with E-state index in [2.05, 4.69) is 5.32 Å². The van der Waals surface area contributed by atoms with Crippen LogP contribution in [-0.4, -0.2) is 60.0 Å². The number of alkyl carbamates (subject to hydrolysis) is 1. The highest BCUT2D eigenvalue weighted by molar-refractivity contribution is 5.81. The molecule has 0 aromatic rings. The molecule has 1 rings (SSSR count). The third-order valence-corrected chi connectivity index (χ3v) is 3.44. The van der Waals surface area contributed by atoms with Crippen LogP contribution in [0.5, 0.6) is 0 Å². The molecule has 1 fully saturated rings. The minimum absolute atomic E-state index is 0.0758. The molecule has 26 heavy (non-hydrogen) atoms. The van der Waals surface area contributed by atoms with Crippen LogP contribution >= 0.6 is 0 Å². The molecule has 2 amide bonds. The summed E-state index contributed by atoms with van der Waals surface area (Å²) in [7, 11) is 0. The van der Waals surface area contributed by atoms with Gasteiger partial charge < -0.3 is 24.4 Å². The van der Waals surface area contributed by atoms with Crippen molar-refractivity contribution >= 4 is 18.2 Å². The van der Waals surface area contributed by atoms with Crippen LogP contribution in [0.25, 0.3) is 0 Å². The van der Waals surface area contributed by atoms with Crippen molar-refractivity contribution in [3.63, 3.8) is 0 Å². The Morgan fingerprint density at radius 1 is 1.04 bits per heavy atom. The van der Waals surface area contributed by atoms with Gasteiger partial charge in [0, 0.05) is 13.1 Å². The van der Waals surface area contributed by atoms with Crippen LogP contribution in [0.3, 0.4) is 0 Å². The minimum Gasteiger partial charge on any atom is -0.464 e. The zero-order valence-corrected chi connectivity index (χ0v) is 16.9. The molecule has 8 nitrogen and oxygen atoms in total. The van der Waals surface area contributed by atoms with Crippen LogP contribution in [0.1, 0.15) is 54.9 Å². The van der Waals surface area contributed by atoms with Crippen LogP contribution < -0.4 is 5.32 Å². The number of carbonyl (C=O) groups is 3. The fourth-order valence-corrected chi connectivity index (χ4v) is 2.43. The maximum atomic E-state index is 12.1. The highest BCUT2D eigenvalue weighted by Gasteiger charge is 2.37. The third kappa shape index (κ3) is 7.93. The highest BCUT2D eigenvalue weighted by atomic mass is 16.6. The summed E-state index contributed by atoms with van der Waals surface area (Å²) in [5.74, 6) is -0.430. The Bertz CT molecular complexity index is 515. The summed E-state index contributed by atoms with van der Waals surface area (Å²) in [5, 5.41) is 2.57. The summed E-state index contributed by atoms with van der Waals surface area (Å²) < 4.78 is 15.5. The largest absolute Gasteiger partial charge is 0.464 e. The fourth-order valence-electron chi connectivity index (χ4n) is 2.43. The molecule has 8 heteroatoms. The van der Waals surface area contributed by atoms with Crippen molar-refractivity contribution in [3.8, 4) is 0 Å². The topological polar surface area (TPSA) is 94.2 Å². The lowest BCUT2D eigenvalue weighted by Gasteiger charge is -2.40. The molecule has 1 N–H and O–H groups in total. The summed E-state index contributed by atoms with van der Waals surface area (Å²) in [4.78, 5) is 37.6. The van der Waals surface area contributed by atoms with Gasteiger partial charge in [-0.25, -0.2) is 14.4 Å². The van der Waals surface area contributed by atoms with Gasteiger partial charge in [-0.15, -0.1) is 0 Å². The molecular weight excluding hydrogens is 340 g/mol. The first kappa shape index (κ1) is 22.1. The lowest BCUT2D eigenvalue weighted by atomic mass is 9.92. The lowest BCUT2D eigenvalue weighted by molar-refractivity contribution is -0.146. The van der Waals surface area contributed by atoms with E-state index in [1.807, 2.05) is 20.8 Å². The normalized spacial score (nSPS) is 16.3. The number of carbonyl (C=O) groups excluding carboxylic acids is 3. The van der Waals surface area contributed by atoms with Gasteiger partial charge in [0.2, 0.25) is 0 Å². The minimum atomic E-state index is -0.810. The zero-order valence-electron chi connectivity index (χ0n) is 16.9. The van der Waals surface area contributed by atoms with E-state index in [-0.39, 0.29) is 18.6 Å². The number of nitrogens with zero attached hydrogens (tertiary/aromatic N) is 1. The molecule has 1 heterocycles. The average Bonchev–Trinajstić information content (AvgIpc) is 2.36. The van der Waals surface area contributed by atoms with Gasteiger partial charge in [0.05, 0.1) is 6.61 Å². The summed E-state index contributed by atoms with van der Waals surface area (Å²) >= 11 is 0. The van der Waals surface area contributed by atoms with Crippen LogP contribution in [0.2, 0.25) is 0 Å². The van der Waals surface area contributed by atoms with E-state index in [0.717, 1.165) is 0 Å². The SMILES string of the molecule is CCOC(=O)C(CC1CN(C(=O)OC(C)(C)C)C1)NC(=O)OC(C)(C)C. The summed E-state index contributed by atoms with van der Waals surface area (Å²) in [5.41, 5.74) is -1.21. The number of amides is 2. The Morgan fingerprint density at radius 3 is 2.04 bits per heavy atom. The number of hydrogen-bond donors (Lipinski definition) is 1. The molecule has 0 saturated carbocycles. The summed E-state index contributed by atoms with van der Waals surface area (Å²) in [6, 6.07) is -0.810. The molecular formula is C18H32N2O6. The van der Waals surface area contributed by atoms with Crippen molar-refractivity contribution in [2.24, 2.45) is 5.92 Å². The van der Waals surface area contributed by atoms with Gasteiger partial charge in [-0.2, -0.15) is 0 Å². The number of nitrogens with one attached hydrogen (secondary N) is 1. The van der Waals surface area contributed by atoms with E-state index in [1.54, 1.807) is 32.6 Å². The van der Waals surface area contributed by atoms with E-state index in [9.17, 15) is 14.4 Å². The maximum Gasteiger partial charge on any atom is 0.410 e. The molecule has 0 bridgehead atoms. The molecule has 0 aliphatic carbocycles. The van der Waals surface area contributed by atoms with Crippen molar-refractivity contribution < 1.29 is 28.6 Å². The molecule has 1 atom stereocenters. The first-order valence-corrected chi connectivity index (χ1v) is 8.95. The molecule has 1 saturated heterocycles. The van der Waals surface area contributed by atoms with Gasteiger partial charge in [0.15, 0.2) is 0 Å². The van der Waals surface area contributed by atoms with E-state index in [0.29, 0.717) is 19.5 Å². The second-order valence-corrected chi connectivity index (χ2v) is 8.44. The van der Waals surface area contributed by atoms with Gasteiger partial charge in [-0.1, -0.05) is 0 Å². The number of esters is 1. The summed E-state index contributed by atoms with van der Waals surface area (Å²) in [6.07, 6.45) is -0.669. The Hall–Kier alpha value is -1.99. The van der Waals surface area contributed by atoms with Crippen LogP contribution in [-0.2, 0) is 19.0 Å². The number of hydrogen-bond acceptors (Lipinski definition) is 6. The molecule has 1 aliphatic rings. The monoisotopic (exact) mass is 372 g/mol. The van der Waals surface area contributed by atoms with Gasteiger partial charge >= 0.3 is 18.2 Å². The molecule has 0 spiro atoms. The maximum absolute atomic E-state index is 12.1. The van der Waals surface area contributed by atoms with E-state index in [1.165, 1.54) is 0 Å². The van der Waals surface area contributed by atoms with Gasteiger partial charge in [-0.3, -0.25) is 0 Å². The molecule has 150 valence electrons. The zero-order chi connectivity index (χ0) is 20.1. The fraction of sp³-hybridized carbons (Fsp3) is 0.833. The molecule has 0 aromatic heterocycles. The number of likely N-dealkylation sites (tertiary alicyclic amines) is 1. The second-order valence-electron chi connectivity index (χ2n) is 8.44. The van der Waals surface area contributed by atoms with Gasteiger partial charge in [0.25, 0.3) is 0 Å². The van der Waals surface area contributed by atoms with Crippen LogP contribution in [0.4, 0.5) is 9.59 Å². The van der Waals surface area contributed by atoms with Crippen molar-refractivity contribution in [1.29, 1.82) is 0 Å². The quantitative estimate of drug-likeness (QED) is 0.589. The van der Waals surface area contributed by atoms with Crippen molar-refractivity contribution in [2.75, 3.05) is 19.7 Å². The summed E-state index contributed by atoms with van der Waals surface area (Å²) in [6.45, 7) is 13.5. The first-order chi connectivity index (χ1) is 11.8. The van der Waals surface area contributed by atoms with Gasteiger partial charge in [0.1, 0.15) is 17.2 Å². The molecule has 1 unspecified atom stereocenters. The third-order valence-electron chi connectivity index (χ3n) is 3.44. The Kier molecular flexibility index (Phi) is 7.29. The Morgan fingerprint density at radius 2 is 1.58 bits per heavy atom. The number of rotatable bonds is 5.